The van der Waals surface area contributed by atoms with E-state index < -0.39 is 5.91 Å². The molecular formula is C25H20Cl2N2O3. The van der Waals surface area contributed by atoms with Gasteiger partial charge in [0.1, 0.15) is 0 Å². The van der Waals surface area contributed by atoms with Crippen molar-refractivity contribution in [2.75, 3.05) is 26.3 Å². The van der Waals surface area contributed by atoms with Crippen molar-refractivity contribution in [1.82, 2.24) is 4.90 Å². The Hall–Kier alpha value is -2.86. The predicted molar refractivity (Wildman–Crippen MR) is 125 cm³/mol. The van der Waals surface area contributed by atoms with Crippen LogP contribution in [0.5, 0.6) is 0 Å². The Balaban J connectivity index is 1.61. The molecule has 162 valence electrons. The van der Waals surface area contributed by atoms with Crippen molar-refractivity contribution >= 4 is 35.0 Å². The maximum absolute atomic E-state index is 13.0. The van der Waals surface area contributed by atoms with Crippen molar-refractivity contribution in [2.24, 2.45) is 5.73 Å². The van der Waals surface area contributed by atoms with E-state index in [-0.39, 0.29) is 5.91 Å². The lowest BCUT2D eigenvalue weighted by Gasteiger charge is -2.27. The number of hydrogen-bond donors (Lipinski definition) is 1. The molecule has 2 aliphatic rings. The van der Waals surface area contributed by atoms with Crippen LogP contribution in [0.2, 0.25) is 10.0 Å². The van der Waals surface area contributed by atoms with Gasteiger partial charge in [-0.2, -0.15) is 0 Å². The van der Waals surface area contributed by atoms with Crippen molar-refractivity contribution in [3.05, 3.63) is 80.8 Å². The molecule has 2 N–H and O–H groups in total. The minimum Gasteiger partial charge on any atom is -0.378 e. The van der Waals surface area contributed by atoms with Gasteiger partial charge in [-0.3, -0.25) is 9.59 Å². The lowest BCUT2D eigenvalue weighted by atomic mass is 9.93. The van der Waals surface area contributed by atoms with Gasteiger partial charge in [0.05, 0.1) is 23.3 Å². The normalized spacial score (nSPS) is 14.8. The van der Waals surface area contributed by atoms with Crippen molar-refractivity contribution in [3.8, 4) is 22.3 Å². The third-order valence-electron chi connectivity index (χ3n) is 6.08. The summed E-state index contributed by atoms with van der Waals surface area (Å²) in [4.78, 5) is 27.1. The summed E-state index contributed by atoms with van der Waals surface area (Å²) in [5.41, 5.74) is 12.3. The average Bonchev–Trinajstić information content (AvgIpc) is 3.18. The molecule has 1 aliphatic carbocycles. The van der Waals surface area contributed by atoms with Crippen molar-refractivity contribution in [2.45, 2.75) is 6.42 Å². The van der Waals surface area contributed by atoms with Crippen LogP contribution in [0.25, 0.3) is 22.3 Å². The molecule has 5 rings (SSSR count). The molecule has 2 amide bonds. The van der Waals surface area contributed by atoms with E-state index in [2.05, 4.69) is 0 Å². The van der Waals surface area contributed by atoms with E-state index in [4.69, 9.17) is 33.7 Å². The highest BCUT2D eigenvalue weighted by Crippen LogP contribution is 2.42. The van der Waals surface area contributed by atoms with E-state index in [1.165, 1.54) is 0 Å². The number of morpholine rings is 1. The zero-order valence-corrected chi connectivity index (χ0v) is 18.7. The fourth-order valence-electron chi connectivity index (χ4n) is 4.42. The Morgan fingerprint density at radius 1 is 0.875 bits per heavy atom. The van der Waals surface area contributed by atoms with E-state index in [0.29, 0.717) is 53.9 Å². The Kier molecular flexibility index (Phi) is 5.41. The quantitative estimate of drug-likeness (QED) is 0.471. The number of ether oxygens (including phenoxy) is 1. The molecular weight excluding hydrogens is 447 g/mol. The number of fused-ring (bicyclic) bond motifs is 3. The topological polar surface area (TPSA) is 72.6 Å². The summed E-state index contributed by atoms with van der Waals surface area (Å²) in [5.74, 6) is -0.499. The molecule has 7 heteroatoms. The van der Waals surface area contributed by atoms with Gasteiger partial charge in [0.25, 0.3) is 5.91 Å². The lowest BCUT2D eigenvalue weighted by molar-refractivity contribution is 0.0303. The minimum absolute atomic E-state index is 0.0136. The summed E-state index contributed by atoms with van der Waals surface area (Å²) in [6.07, 6.45) is 0.594. The second kappa shape index (κ2) is 8.24. The van der Waals surface area contributed by atoms with Crippen molar-refractivity contribution in [3.63, 3.8) is 0 Å². The first kappa shape index (κ1) is 21.0. The highest BCUT2D eigenvalue weighted by atomic mass is 35.5. The SMILES string of the molecule is NC(=O)c1cc(-c2ccc(Cl)c(Cl)c2)cc2c1Cc1ccc(C(=O)N3CCOCC3)cc1-2. The van der Waals surface area contributed by atoms with Crippen molar-refractivity contribution < 1.29 is 14.3 Å². The van der Waals surface area contributed by atoms with E-state index in [1.807, 2.05) is 35.2 Å². The molecule has 0 saturated carbocycles. The monoisotopic (exact) mass is 466 g/mol. The third kappa shape index (κ3) is 3.66. The Bertz CT molecular complexity index is 1270. The van der Waals surface area contributed by atoms with Gasteiger partial charge < -0.3 is 15.4 Å². The van der Waals surface area contributed by atoms with Crippen LogP contribution < -0.4 is 5.73 Å². The molecule has 1 fully saturated rings. The molecule has 5 nitrogen and oxygen atoms in total. The van der Waals surface area contributed by atoms with Gasteiger partial charge in [0.2, 0.25) is 5.91 Å². The van der Waals surface area contributed by atoms with Gasteiger partial charge in [-0.15, -0.1) is 0 Å². The largest absolute Gasteiger partial charge is 0.378 e. The minimum atomic E-state index is -0.486. The number of benzene rings is 3. The maximum atomic E-state index is 13.0. The fraction of sp³-hybridized carbons (Fsp3) is 0.200. The van der Waals surface area contributed by atoms with Crippen LogP contribution >= 0.6 is 23.2 Å². The van der Waals surface area contributed by atoms with Gasteiger partial charge >= 0.3 is 0 Å². The number of amides is 2. The molecule has 0 atom stereocenters. The first-order valence-corrected chi connectivity index (χ1v) is 11.1. The zero-order valence-electron chi connectivity index (χ0n) is 17.2. The summed E-state index contributed by atoms with van der Waals surface area (Å²) in [5, 5.41) is 0.896. The number of nitrogens with two attached hydrogens (primary N) is 1. The molecule has 32 heavy (non-hydrogen) atoms. The third-order valence-corrected chi connectivity index (χ3v) is 6.82. The number of halogens is 2. The number of carbonyl (C=O) groups excluding carboxylic acids is 2. The Labute approximate surface area is 195 Å². The second-order valence-corrected chi connectivity index (χ2v) is 8.81. The smallest absolute Gasteiger partial charge is 0.254 e. The Morgan fingerprint density at radius 2 is 1.66 bits per heavy atom. The van der Waals surface area contributed by atoms with Gasteiger partial charge in [0.15, 0.2) is 0 Å². The van der Waals surface area contributed by atoms with Gasteiger partial charge in [-0.25, -0.2) is 0 Å². The molecule has 0 spiro atoms. The van der Waals surface area contributed by atoms with Crippen LogP contribution in [-0.2, 0) is 11.2 Å². The van der Waals surface area contributed by atoms with Crippen molar-refractivity contribution in [1.29, 1.82) is 0 Å². The molecule has 3 aromatic carbocycles. The van der Waals surface area contributed by atoms with Crippen LogP contribution in [-0.4, -0.2) is 43.0 Å². The predicted octanol–water partition coefficient (Wildman–Crippen LogP) is 4.80. The van der Waals surface area contributed by atoms with E-state index in [9.17, 15) is 9.59 Å². The van der Waals surface area contributed by atoms with E-state index in [1.54, 1.807) is 18.2 Å². The average molecular weight is 467 g/mol. The van der Waals surface area contributed by atoms with Crippen LogP contribution in [0.15, 0.2) is 48.5 Å². The highest BCUT2D eigenvalue weighted by Gasteiger charge is 2.27. The number of hydrogen-bond acceptors (Lipinski definition) is 3. The molecule has 0 unspecified atom stereocenters. The number of nitrogens with zero attached hydrogens (tertiary/aromatic N) is 1. The Morgan fingerprint density at radius 3 is 2.38 bits per heavy atom. The van der Waals surface area contributed by atoms with Gasteiger partial charge in [0, 0.05) is 24.2 Å². The zero-order chi connectivity index (χ0) is 22.4. The van der Waals surface area contributed by atoms with Crippen LogP contribution in [0.4, 0.5) is 0 Å². The molecule has 1 saturated heterocycles. The number of primary amides is 1. The molecule has 0 radical (unpaired) electrons. The fourth-order valence-corrected chi connectivity index (χ4v) is 4.72. The standard InChI is InChI=1S/C25H20Cl2N2O3/c26-22-4-3-14(13-23(22)27)17-11-19-18-10-16(25(31)29-5-7-32-8-6-29)2-1-15(18)9-20(19)21(12-17)24(28)30/h1-4,10-13H,5-9H2,(H2,28,30). The summed E-state index contributed by atoms with van der Waals surface area (Å²) >= 11 is 12.3. The summed E-state index contributed by atoms with van der Waals surface area (Å²) in [7, 11) is 0. The number of carbonyl (C=O) groups is 2. The lowest BCUT2D eigenvalue weighted by Crippen LogP contribution is -2.40. The summed E-state index contributed by atoms with van der Waals surface area (Å²) in [6, 6.07) is 14.9. The molecule has 1 aliphatic heterocycles. The summed E-state index contributed by atoms with van der Waals surface area (Å²) in [6.45, 7) is 2.27. The molecule has 3 aromatic rings. The second-order valence-electron chi connectivity index (χ2n) is 8.00. The molecule has 1 heterocycles. The van der Waals surface area contributed by atoms with E-state index in [0.717, 1.165) is 33.4 Å². The van der Waals surface area contributed by atoms with Crippen LogP contribution in [0.3, 0.4) is 0 Å². The first-order valence-electron chi connectivity index (χ1n) is 10.3. The van der Waals surface area contributed by atoms with Gasteiger partial charge in [-0.05, 0) is 76.2 Å². The maximum Gasteiger partial charge on any atom is 0.254 e. The van der Waals surface area contributed by atoms with Gasteiger partial charge in [-0.1, -0.05) is 35.3 Å². The first-order chi connectivity index (χ1) is 15.4. The highest BCUT2D eigenvalue weighted by molar-refractivity contribution is 6.42. The molecule has 0 aromatic heterocycles. The van der Waals surface area contributed by atoms with Crippen LogP contribution in [0, 0.1) is 0 Å². The summed E-state index contributed by atoms with van der Waals surface area (Å²) < 4.78 is 5.36. The number of rotatable bonds is 3. The molecule has 0 bridgehead atoms. The van der Waals surface area contributed by atoms with E-state index >= 15 is 0 Å². The van der Waals surface area contributed by atoms with Crippen LogP contribution in [0.1, 0.15) is 31.8 Å².